The zero-order chi connectivity index (χ0) is 26.9. The summed E-state index contributed by atoms with van der Waals surface area (Å²) >= 11 is 0. The molecule has 39 heavy (non-hydrogen) atoms. The van der Waals surface area contributed by atoms with Crippen LogP contribution in [0.15, 0.2) is 59.4 Å². The standard InChI is InChI=1S/C28H24FN7O3/c1-16-2-5-24(39-16)23(37)11-17-3-4-21(29)20(10-17)18-12-22-25(31-13-18)27(36-6-8-38-9-7-36)35-26(34-22)19-14-32-28(30)33-15-19/h2-5,10,12-15H,6-9,11H2,1H3,(H2,30,32,33). The third-order valence-corrected chi connectivity index (χ3v) is 6.48. The number of ether oxygens (including phenoxy) is 1. The van der Waals surface area contributed by atoms with Gasteiger partial charge in [-0.1, -0.05) is 6.07 Å². The molecule has 0 aliphatic carbocycles. The number of Topliss-reactive ketones (excluding diaryl/α,β-unsaturated/α-hetero) is 1. The predicted octanol–water partition coefficient (Wildman–Crippen LogP) is 4.03. The summed E-state index contributed by atoms with van der Waals surface area (Å²) in [4.78, 5) is 37.0. The number of anilines is 2. The number of morpholine rings is 1. The molecule has 0 saturated carbocycles. The average molecular weight is 526 g/mol. The van der Waals surface area contributed by atoms with Crippen LogP contribution in [0.25, 0.3) is 33.5 Å². The summed E-state index contributed by atoms with van der Waals surface area (Å²) in [5.41, 5.74) is 8.85. The van der Waals surface area contributed by atoms with Gasteiger partial charge in [0.25, 0.3) is 0 Å². The van der Waals surface area contributed by atoms with Gasteiger partial charge >= 0.3 is 0 Å². The summed E-state index contributed by atoms with van der Waals surface area (Å²) in [7, 11) is 0. The van der Waals surface area contributed by atoms with Gasteiger partial charge in [0.15, 0.2) is 17.4 Å². The van der Waals surface area contributed by atoms with E-state index in [0.717, 1.165) is 0 Å². The van der Waals surface area contributed by atoms with Gasteiger partial charge in [-0.15, -0.1) is 0 Å². The summed E-state index contributed by atoms with van der Waals surface area (Å²) in [6, 6.07) is 9.76. The Balaban J connectivity index is 1.41. The van der Waals surface area contributed by atoms with E-state index < -0.39 is 5.82 Å². The first kappa shape index (κ1) is 24.6. The number of nitrogen functional groups attached to an aromatic ring is 1. The number of carbonyl (C=O) groups excluding carboxylic acids is 1. The molecule has 0 bridgehead atoms. The molecule has 0 unspecified atom stereocenters. The van der Waals surface area contributed by atoms with Gasteiger partial charge in [0.1, 0.15) is 17.1 Å². The smallest absolute Gasteiger partial charge is 0.219 e. The maximum atomic E-state index is 15.1. The van der Waals surface area contributed by atoms with E-state index in [0.29, 0.717) is 77.0 Å². The number of aryl methyl sites for hydroxylation is 1. The van der Waals surface area contributed by atoms with Crippen LogP contribution in [0.2, 0.25) is 0 Å². The number of furan rings is 1. The third-order valence-electron chi connectivity index (χ3n) is 6.48. The number of fused-ring (bicyclic) bond motifs is 1. The number of carbonyl (C=O) groups is 1. The molecule has 1 fully saturated rings. The lowest BCUT2D eigenvalue weighted by atomic mass is 10.00. The second-order valence-corrected chi connectivity index (χ2v) is 9.22. The van der Waals surface area contributed by atoms with Crippen LogP contribution < -0.4 is 10.6 Å². The summed E-state index contributed by atoms with van der Waals surface area (Å²) < 4.78 is 26.0. The molecule has 1 aliphatic rings. The molecule has 0 amide bonds. The number of halogens is 1. The quantitative estimate of drug-likeness (QED) is 0.324. The van der Waals surface area contributed by atoms with E-state index in [1.165, 1.54) is 6.07 Å². The molecule has 1 saturated heterocycles. The van der Waals surface area contributed by atoms with Crippen molar-refractivity contribution in [3.05, 3.63) is 77.9 Å². The first-order valence-electron chi connectivity index (χ1n) is 12.4. The summed E-state index contributed by atoms with van der Waals surface area (Å²) in [5, 5.41) is 0. The fourth-order valence-corrected chi connectivity index (χ4v) is 4.49. The molecule has 0 atom stereocenters. The first-order valence-corrected chi connectivity index (χ1v) is 12.4. The maximum absolute atomic E-state index is 15.1. The zero-order valence-electron chi connectivity index (χ0n) is 21.1. The van der Waals surface area contributed by atoms with Crippen LogP contribution in [0.1, 0.15) is 21.9 Å². The number of pyridine rings is 1. The highest BCUT2D eigenvalue weighted by atomic mass is 19.1. The highest BCUT2D eigenvalue weighted by Gasteiger charge is 2.21. The van der Waals surface area contributed by atoms with Crippen molar-refractivity contribution < 1.29 is 18.3 Å². The van der Waals surface area contributed by atoms with Gasteiger partial charge in [-0.3, -0.25) is 9.78 Å². The molecule has 0 spiro atoms. The van der Waals surface area contributed by atoms with E-state index in [1.807, 2.05) is 0 Å². The molecule has 4 aromatic heterocycles. The monoisotopic (exact) mass is 525 g/mol. The van der Waals surface area contributed by atoms with Crippen molar-refractivity contribution in [2.24, 2.45) is 0 Å². The van der Waals surface area contributed by atoms with Gasteiger partial charge in [0.05, 0.1) is 24.3 Å². The summed E-state index contributed by atoms with van der Waals surface area (Å²) in [6.45, 7) is 4.20. The number of hydrogen-bond donors (Lipinski definition) is 1. The van der Waals surface area contributed by atoms with E-state index >= 15 is 4.39 Å². The van der Waals surface area contributed by atoms with Crippen LogP contribution in [-0.4, -0.2) is 57.0 Å². The minimum Gasteiger partial charge on any atom is -0.458 e. The van der Waals surface area contributed by atoms with Crippen molar-refractivity contribution >= 4 is 28.6 Å². The fraction of sp³-hybridized carbons (Fsp3) is 0.214. The van der Waals surface area contributed by atoms with Gasteiger partial charge in [-0.25, -0.2) is 24.3 Å². The molecule has 5 aromatic rings. The Hall–Kier alpha value is -4.77. The molecule has 1 aromatic carbocycles. The molecular formula is C28H24FN7O3. The molecule has 196 valence electrons. The maximum Gasteiger partial charge on any atom is 0.219 e. The molecular weight excluding hydrogens is 501 g/mol. The molecule has 6 rings (SSSR count). The normalized spacial score (nSPS) is 13.6. The van der Waals surface area contributed by atoms with Gasteiger partial charge < -0.3 is 19.8 Å². The Labute approximate surface area is 222 Å². The largest absolute Gasteiger partial charge is 0.458 e. The van der Waals surface area contributed by atoms with Gasteiger partial charge in [-0.05, 0) is 42.8 Å². The van der Waals surface area contributed by atoms with Crippen LogP contribution in [0.3, 0.4) is 0 Å². The first-order chi connectivity index (χ1) is 18.9. The Morgan fingerprint density at radius 2 is 1.77 bits per heavy atom. The van der Waals surface area contributed by atoms with E-state index in [2.05, 4.69) is 19.9 Å². The van der Waals surface area contributed by atoms with E-state index in [1.54, 1.807) is 55.8 Å². The fourth-order valence-electron chi connectivity index (χ4n) is 4.49. The van der Waals surface area contributed by atoms with E-state index in [9.17, 15) is 4.79 Å². The van der Waals surface area contributed by atoms with Crippen LogP contribution in [0.4, 0.5) is 16.2 Å². The second kappa shape index (κ2) is 10.2. The Kier molecular flexibility index (Phi) is 6.41. The molecule has 11 heteroatoms. The van der Waals surface area contributed by atoms with Gasteiger partial charge in [-0.2, -0.15) is 0 Å². The molecule has 0 radical (unpaired) electrons. The van der Waals surface area contributed by atoms with Crippen LogP contribution in [0, 0.1) is 12.7 Å². The predicted molar refractivity (Wildman–Crippen MR) is 143 cm³/mol. The van der Waals surface area contributed by atoms with Crippen molar-refractivity contribution in [3.8, 4) is 22.5 Å². The number of nitrogens with two attached hydrogens (primary N) is 1. The number of rotatable bonds is 6. The van der Waals surface area contributed by atoms with E-state index in [4.69, 9.17) is 24.9 Å². The minimum absolute atomic E-state index is 0.0753. The Morgan fingerprint density at radius 1 is 1.00 bits per heavy atom. The van der Waals surface area contributed by atoms with Crippen LogP contribution in [0.5, 0.6) is 0 Å². The van der Waals surface area contributed by atoms with Crippen molar-refractivity contribution in [3.63, 3.8) is 0 Å². The van der Waals surface area contributed by atoms with Gasteiger partial charge in [0, 0.05) is 49.2 Å². The second-order valence-electron chi connectivity index (χ2n) is 9.22. The minimum atomic E-state index is -0.434. The Bertz CT molecular complexity index is 1680. The van der Waals surface area contributed by atoms with Gasteiger partial charge in [0.2, 0.25) is 11.7 Å². The topological polar surface area (TPSA) is 133 Å². The number of nitrogens with zero attached hydrogens (tertiary/aromatic N) is 6. The zero-order valence-corrected chi connectivity index (χ0v) is 21.1. The lowest BCUT2D eigenvalue weighted by molar-refractivity contribution is 0.0965. The average Bonchev–Trinajstić information content (AvgIpc) is 3.40. The Morgan fingerprint density at radius 3 is 2.51 bits per heavy atom. The van der Waals surface area contributed by atoms with Crippen LogP contribution in [-0.2, 0) is 11.2 Å². The number of benzene rings is 1. The van der Waals surface area contributed by atoms with Crippen molar-refractivity contribution in [2.45, 2.75) is 13.3 Å². The molecule has 10 nitrogen and oxygen atoms in total. The summed E-state index contributed by atoms with van der Waals surface area (Å²) in [6.07, 6.45) is 4.79. The number of ketones is 1. The highest BCUT2D eigenvalue weighted by molar-refractivity contribution is 5.95. The van der Waals surface area contributed by atoms with Crippen molar-refractivity contribution in [1.29, 1.82) is 0 Å². The molecule has 1 aliphatic heterocycles. The van der Waals surface area contributed by atoms with Crippen molar-refractivity contribution in [1.82, 2.24) is 24.9 Å². The highest BCUT2D eigenvalue weighted by Crippen LogP contribution is 2.31. The molecule has 5 heterocycles. The lowest BCUT2D eigenvalue weighted by Gasteiger charge is -2.28. The number of hydrogen-bond acceptors (Lipinski definition) is 10. The third kappa shape index (κ3) is 5.04. The molecule has 2 N–H and O–H groups in total. The van der Waals surface area contributed by atoms with Crippen molar-refractivity contribution in [2.75, 3.05) is 36.9 Å². The van der Waals surface area contributed by atoms with Crippen LogP contribution >= 0.6 is 0 Å². The summed E-state index contributed by atoms with van der Waals surface area (Å²) in [5.74, 6) is 1.51. The SMILES string of the molecule is Cc1ccc(C(=O)Cc2ccc(F)c(-c3cnc4c(N5CCOCC5)nc(-c5cnc(N)nc5)nc4c3)c2)o1. The number of aromatic nitrogens is 5. The lowest BCUT2D eigenvalue weighted by Crippen LogP contribution is -2.37. The van der Waals surface area contributed by atoms with E-state index in [-0.39, 0.29) is 23.9 Å².